The van der Waals surface area contributed by atoms with E-state index in [0.29, 0.717) is 6.42 Å². The number of carbonyl (C=O) groups excluding carboxylic acids is 1. The predicted molar refractivity (Wildman–Crippen MR) is 65.8 cm³/mol. The maximum atomic E-state index is 12.0. The molecule has 0 spiro atoms. The third-order valence-electron chi connectivity index (χ3n) is 3.05. The van der Waals surface area contributed by atoms with Crippen LogP contribution in [-0.4, -0.2) is 15.6 Å². The number of nitrogens with zero attached hydrogens (tertiary/aromatic N) is 2. The Bertz CT molecular complexity index is 366. The lowest BCUT2D eigenvalue weighted by molar-refractivity contribution is 0.0978. The van der Waals surface area contributed by atoms with Crippen LogP contribution in [0.25, 0.3) is 0 Å². The third-order valence-corrected chi connectivity index (χ3v) is 3.05. The zero-order valence-corrected chi connectivity index (χ0v) is 10.8. The molecule has 0 N–H and O–H groups in total. The van der Waals surface area contributed by atoms with Crippen molar-refractivity contribution in [2.45, 2.75) is 52.9 Å². The van der Waals surface area contributed by atoms with Crippen LogP contribution < -0.4 is 0 Å². The van der Waals surface area contributed by atoms with E-state index in [1.807, 2.05) is 20.9 Å². The van der Waals surface area contributed by atoms with Gasteiger partial charge in [0.05, 0.1) is 11.3 Å². The molecular formula is C13H22N2O. The molecule has 16 heavy (non-hydrogen) atoms. The van der Waals surface area contributed by atoms with Gasteiger partial charge in [-0.15, -0.1) is 0 Å². The molecule has 0 fully saturated rings. The minimum Gasteiger partial charge on any atom is -0.294 e. The van der Waals surface area contributed by atoms with Gasteiger partial charge >= 0.3 is 0 Å². The molecule has 3 heteroatoms. The molecule has 0 aliphatic carbocycles. The molecule has 0 unspecified atom stereocenters. The minimum atomic E-state index is 0.249. The highest BCUT2D eigenvalue weighted by molar-refractivity contribution is 5.98. The van der Waals surface area contributed by atoms with Gasteiger partial charge < -0.3 is 0 Å². The zero-order valence-electron chi connectivity index (χ0n) is 10.8. The second-order valence-electron chi connectivity index (χ2n) is 4.40. The van der Waals surface area contributed by atoms with Gasteiger partial charge in [-0.1, -0.05) is 26.2 Å². The fourth-order valence-electron chi connectivity index (χ4n) is 2.01. The summed E-state index contributed by atoms with van der Waals surface area (Å²) in [5.41, 5.74) is 2.68. The van der Waals surface area contributed by atoms with Crippen molar-refractivity contribution in [3.05, 3.63) is 17.0 Å². The Morgan fingerprint density at radius 3 is 2.44 bits per heavy atom. The summed E-state index contributed by atoms with van der Waals surface area (Å²) >= 11 is 0. The fraction of sp³-hybridized carbons (Fsp3) is 0.692. The number of hydrogen-bond donors (Lipinski definition) is 0. The van der Waals surface area contributed by atoms with Crippen LogP contribution in [0.15, 0.2) is 0 Å². The molecule has 0 saturated heterocycles. The molecule has 1 rings (SSSR count). The van der Waals surface area contributed by atoms with Crippen molar-refractivity contribution in [2.24, 2.45) is 7.05 Å². The molecule has 0 aliphatic heterocycles. The van der Waals surface area contributed by atoms with Gasteiger partial charge in [0.1, 0.15) is 0 Å². The average molecular weight is 222 g/mol. The molecule has 0 radical (unpaired) electrons. The molecule has 0 aromatic carbocycles. The average Bonchev–Trinajstić information content (AvgIpc) is 2.48. The Labute approximate surface area is 97.8 Å². The van der Waals surface area contributed by atoms with E-state index in [-0.39, 0.29) is 5.78 Å². The van der Waals surface area contributed by atoms with Crippen molar-refractivity contribution in [1.29, 1.82) is 0 Å². The van der Waals surface area contributed by atoms with Gasteiger partial charge in [0.15, 0.2) is 5.78 Å². The van der Waals surface area contributed by atoms with Crippen LogP contribution in [0.1, 0.15) is 60.8 Å². The molecule has 1 heterocycles. The van der Waals surface area contributed by atoms with Crippen molar-refractivity contribution in [3.63, 3.8) is 0 Å². The number of carbonyl (C=O) groups is 1. The van der Waals surface area contributed by atoms with Crippen LogP contribution in [0.2, 0.25) is 0 Å². The summed E-state index contributed by atoms with van der Waals surface area (Å²) in [5, 5.41) is 4.27. The van der Waals surface area contributed by atoms with E-state index in [0.717, 1.165) is 29.8 Å². The summed E-state index contributed by atoms with van der Waals surface area (Å²) < 4.78 is 1.79. The van der Waals surface area contributed by atoms with Crippen LogP contribution in [0.4, 0.5) is 0 Å². The lowest BCUT2D eigenvalue weighted by Gasteiger charge is -2.01. The molecule has 0 aliphatic rings. The Morgan fingerprint density at radius 1 is 1.25 bits per heavy atom. The van der Waals surface area contributed by atoms with Crippen molar-refractivity contribution in [3.8, 4) is 0 Å². The molecule has 0 atom stereocenters. The molecule has 0 saturated carbocycles. The minimum absolute atomic E-state index is 0.249. The summed E-state index contributed by atoms with van der Waals surface area (Å²) in [6.45, 7) is 6.04. The normalized spacial score (nSPS) is 10.8. The van der Waals surface area contributed by atoms with E-state index in [2.05, 4.69) is 12.0 Å². The SMILES string of the molecule is CCCCCCC(=O)c1c(C)nn(C)c1C. The van der Waals surface area contributed by atoms with Gasteiger partial charge in [-0.3, -0.25) is 9.48 Å². The maximum Gasteiger partial charge on any atom is 0.166 e. The maximum absolute atomic E-state index is 12.0. The molecule has 90 valence electrons. The summed E-state index contributed by atoms with van der Waals surface area (Å²) in [6.07, 6.45) is 5.24. The van der Waals surface area contributed by atoms with Gasteiger partial charge in [-0.05, 0) is 20.3 Å². The van der Waals surface area contributed by atoms with E-state index >= 15 is 0 Å². The second kappa shape index (κ2) is 5.83. The molecular weight excluding hydrogens is 200 g/mol. The first-order valence-corrected chi connectivity index (χ1v) is 6.11. The number of Topliss-reactive ketones (excluding diaryl/α,β-unsaturated/α-hetero) is 1. The highest BCUT2D eigenvalue weighted by Gasteiger charge is 2.16. The largest absolute Gasteiger partial charge is 0.294 e. The zero-order chi connectivity index (χ0) is 12.1. The summed E-state index contributed by atoms with van der Waals surface area (Å²) in [6, 6.07) is 0. The van der Waals surface area contributed by atoms with Gasteiger partial charge in [-0.2, -0.15) is 5.10 Å². The Kier molecular flexibility index (Phi) is 4.71. The first kappa shape index (κ1) is 12.9. The van der Waals surface area contributed by atoms with E-state index in [1.165, 1.54) is 12.8 Å². The monoisotopic (exact) mass is 222 g/mol. The standard InChI is InChI=1S/C13H22N2O/c1-5-6-7-8-9-12(16)13-10(2)14-15(4)11(13)3/h5-9H2,1-4H3. The van der Waals surface area contributed by atoms with E-state index < -0.39 is 0 Å². The highest BCUT2D eigenvalue weighted by atomic mass is 16.1. The van der Waals surface area contributed by atoms with E-state index in [9.17, 15) is 4.79 Å². The molecule has 0 bridgehead atoms. The van der Waals surface area contributed by atoms with Gasteiger partial charge in [0.25, 0.3) is 0 Å². The molecule has 1 aromatic rings. The molecule has 3 nitrogen and oxygen atoms in total. The fourth-order valence-corrected chi connectivity index (χ4v) is 2.01. The quantitative estimate of drug-likeness (QED) is 0.547. The van der Waals surface area contributed by atoms with E-state index in [1.54, 1.807) is 4.68 Å². The van der Waals surface area contributed by atoms with Crippen molar-refractivity contribution in [2.75, 3.05) is 0 Å². The summed E-state index contributed by atoms with van der Waals surface area (Å²) in [4.78, 5) is 12.0. The van der Waals surface area contributed by atoms with Crippen LogP contribution >= 0.6 is 0 Å². The predicted octanol–water partition coefficient (Wildman–Crippen LogP) is 3.19. The van der Waals surface area contributed by atoms with Crippen molar-refractivity contribution >= 4 is 5.78 Å². The third kappa shape index (κ3) is 2.94. The number of aromatic nitrogens is 2. The topological polar surface area (TPSA) is 34.9 Å². The Hall–Kier alpha value is -1.12. The van der Waals surface area contributed by atoms with Gasteiger partial charge in [-0.25, -0.2) is 0 Å². The Morgan fingerprint density at radius 2 is 1.94 bits per heavy atom. The Balaban J connectivity index is 2.59. The number of unbranched alkanes of at least 4 members (excludes halogenated alkanes) is 3. The first-order chi connectivity index (χ1) is 7.57. The van der Waals surface area contributed by atoms with Crippen molar-refractivity contribution < 1.29 is 4.79 Å². The molecule has 1 aromatic heterocycles. The van der Waals surface area contributed by atoms with Crippen LogP contribution in [0, 0.1) is 13.8 Å². The number of hydrogen-bond acceptors (Lipinski definition) is 2. The van der Waals surface area contributed by atoms with Gasteiger partial charge in [0.2, 0.25) is 0 Å². The van der Waals surface area contributed by atoms with Crippen LogP contribution in [0.3, 0.4) is 0 Å². The van der Waals surface area contributed by atoms with E-state index in [4.69, 9.17) is 0 Å². The summed E-state index contributed by atoms with van der Waals surface area (Å²) in [5.74, 6) is 0.249. The second-order valence-corrected chi connectivity index (χ2v) is 4.40. The smallest absolute Gasteiger partial charge is 0.166 e. The number of rotatable bonds is 6. The summed E-state index contributed by atoms with van der Waals surface area (Å²) in [7, 11) is 1.89. The first-order valence-electron chi connectivity index (χ1n) is 6.11. The molecule has 0 amide bonds. The number of ketones is 1. The van der Waals surface area contributed by atoms with Gasteiger partial charge in [0, 0.05) is 19.2 Å². The lowest BCUT2D eigenvalue weighted by atomic mass is 10.0. The van der Waals surface area contributed by atoms with Crippen molar-refractivity contribution in [1.82, 2.24) is 9.78 Å². The van der Waals surface area contributed by atoms with Crippen LogP contribution in [0.5, 0.6) is 0 Å². The van der Waals surface area contributed by atoms with Crippen LogP contribution in [-0.2, 0) is 7.05 Å². The number of aryl methyl sites for hydroxylation is 2. The highest BCUT2D eigenvalue weighted by Crippen LogP contribution is 2.16. The lowest BCUT2D eigenvalue weighted by Crippen LogP contribution is -2.03.